The summed E-state index contributed by atoms with van der Waals surface area (Å²) < 4.78 is 0. The van der Waals surface area contributed by atoms with Crippen molar-refractivity contribution in [1.82, 2.24) is 5.32 Å². The van der Waals surface area contributed by atoms with Crippen LogP contribution in [-0.2, 0) is 4.79 Å². The number of carbonyl (C=O) groups excluding carboxylic acids is 2. The van der Waals surface area contributed by atoms with Crippen LogP contribution in [0.15, 0.2) is 24.3 Å². The minimum Gasteiger partial charge on any atom is -0.341 e. The van der Waals surface area contributed by atoms with E-state index in [1.807, 2.05) is 0 Å². The van der Waals surface area contributed by atoms with Crippen molar-refractivity contribution >= 4 is 23.3 Å². The van der Waals surface area contributed by atoms with Crippen molar-refractivity contribution < 1.29 is 9.59 Å². The minimum atomic E-state index is -0.487. The Morgan fingerprint density at radius 2 is 1.70 bits per heavy atom. The number of nitrogens with two attached hydrogens (primary N) is 1. The number of unbranched alkanes of at least 4 members (excludes halogenated alkanes) is 1. The Labute approximate surface area is 119 Å². The van der Waals surface area contributed by atoms with Crippen molar-refractivity contribution in [2.24, 2.45) is 5.73 Å². The highest BCUT2D eigenvalue weighted by atomic mass is 16.2. The number of rotatable bonds is 6. The van der Waals surface area contributed by atoms with Gasteiger partial charge in [-0.15, -0.1) is 0 Å². The van der Waals surface area contributed by atoms with Gasteiger partial charge in [0.05, 0.1) is 6.04 Å². The normalized spacial score (nSPS) is 11.6. The molecular weight excluding hydrogens is 256 g/mol. The molecule has 0 aliphatic rings. The topological polar surface area (TPSA) is 96.2 Å². The molecule has 6 heteroatoms. The number of benzene rings is 1. The predicted molar refractivity (Wildman–Crippen MR) is 80.7 cm³/mol. The molecule has 0 aliphatic heterocycles. The van der Waals surface area contributed by atoms with E-state index in [1.54, 1.807) is 31.3 Å². The van der Waals surface area contributed by atoms with E-state index in [-0.39, 0.29) is 11.9 Å². The molecule has 6 nitrogen and oxygen atoms in total. The molecule has 0 radical (unpaired) electrons. The van der Waals surface area contributed by atoms with Crippen molar-refractivity contribution in [3.63, 3.8) is 0 Å². The van der Waals surface area contributed by atoms with E-state index in [0.29, 0.717) is 17.8 Å². The van der Waals surface area contributed by atoms with Crippen LogP contribution in [0.4, 0.5) is 16.2 Å². The Morgan fingerprint density at radius 1 is 1.15 bits per heavy atom. The van der Waals surface area contributed by atoms with Gasteiger partial charge in [0.15, 0.2) is 0 Å². The van der Waals surface area contributed by atoms with Gasteiger partial charge in [-0.25, -0.2) is 4.79 Å². The van der Waals surface area contributed by atoms with Gasteiger partial charge < -0.3 is 21.7 Å². The maximum absolute atomic E-state index is 11.8. The van der Waals surface area contributed by atoms with Crippen molar-refractivity contribution in [3.05, 3.63) is 24.3 Å². The summed E-state index contributed by atoms with van der Waals surface area (Å²) in [4.78, 5) is 22.9. The van der Waals surface area contributed by atoms with Gasteiger partial charge >= 0.3 is 6.03 Å². The van der Waals surface area contributed by atoms with Gasteiger partial charge in [0, 0.05) is 18.4 Å². The highest BCUT2D eigenvalue weighted by Crippen LogP contribution is 2.14. The summed E-state index contributed by atoms with van der Waals surface area (Å²) >= 11 is 0. The quantitative estimate of drug-likeness (QED) is 0.640. The fourth-order valence-corrected chi connectivity index (χ4v) is 1.62. The number of urea groups is 1. The molecule has 20 heavy (non-hydrogen) atoms. The summed E-state index contributed by atoms with van der Waals surface area (Å²) in [6, 6.07) is 6.08. The fraction of sp³-hybridized carbons (Fsp3) is 0.429. The second kappa shape index (κ2) is 8.16. The van der Waals surface area contributed by atoms with Gasteiger partial charge in [0.25, 0.3) is 0 Å². The zero-order chi connectivity index (χ0) is 15.0. The third-order valence-electron chi connectivity index (χ3n) is 2.84. The van der Waals surface area contributed by atoms with Gasteiger partial charge in [0.2, 0.25) is 5.91 Å². The van der Waals surface area contributed by atoms with E-state index >= 15 is 0 Å². The molecule has 1 rings (SSSR count). The molecule has 110 valence electrons. The second-order valence-electron chi connectivity index (χ2n) is 4.52. The van der Waals surface area contributed by atoms with Crippen molar-refractivity contribution in [3.8, 4) is 0 Å². The van der Waals surface area contributed by atoms with Crippen LogP contribution in [0, 0.1) is 0 Å². The molecule has 0 fully saturated rings. The molecule has 1 aromatic carbocycles. The maximum atomic E-state index is 11.8. The fourth-order valence-electron chi connectivity index (χ4n) is 1.62. The van der Waals surface area contributed by atoms with Gasteiger partial charge in [-0.05, 0) is 30.7 Å². The number of nitrogens with one attached hydrogen (secondary N) is 3. The zero-order valence-corrected chi connectivity index (χ0v) is 11.9. The lowest BCUT2D eigenvalue weighted by atomic mass is 10.1. The average Bonchev–Trinajstić information content (AvgIpc) is 2.46. The smallest absolute Gasteiger partial charge is 0.318 e. The average molecular weight is 278 g/mol. The predicted octanol–water partition coefficient (Wildman–Crippen LogP) is 1.89. The lowest BCUT2D eigenvalue weighted by molar-refractivity contribution is -0.117. The summed E-state index contributed by atoms with van der Waals surface area (Å²) in [5.41, 5.74) is 7.10. The molecule has 0 bridgehead atoms. The molecule has 0 aromatic heterocycles. The Hall–Kier alpha value is -2.08. The first kappa shape index (κ1) is 16.0. The molecule has 0 heterocycles. The molecule has 3 amide bonds. The zero-order valence-electron chi connectivity index (χ0n) is 11.9. The van der Waals surface area contributed by atoms with Crippen LogP contribution in [0.25, 0.3) is 0 Å². The summed E-state index contributed by atoms with van der Waals surface area (Å²) in [6.07, 6.45) is 2.63. The van der Waals surface area contributed by atoms with E-state index in [4.69, 9.17) is 5.73 Å². The number of amides is 3. The molecule has 5 N–H and O–H groups in total. The molecule has 1 atom stereocenters. The largest absolute Gasteiger partial charge is 0.341 e. The standard InChI is InChI=1S/C14H22N4O2/c1-3-4-5-12(15)13(19)17-10-6-8-11(9-7-10)18-14(20)16-2/h6-9,12H,3-5,15H2,1-2H3,(H,17,19)(H2,16,18,20). The SMILES string of the molecule is CCCCC(N)C(=O)Nc1ccc(NC(=O)NC)cc1. The molecule has 1 aromatic rings. The van der Waals surface area contributed by atoms with Crippen LogP contribution in [0.2, 0.25) is 0 Å². The van der Waals surface area contributed by atoms with E-state index < -0.39 is 6.04 Å². The van der Waals surface area contributed by atoms with Crippen LogP contribution < -0.4 is 21.7 Å². The van der Waals surface area contributed by atoms with Gasteiger partial charge in [-0.3, -0.25) is 4.79 Å². The number of hydrogen-bond donors (Lipinski definition) is 4. The lowest BCUT2D eigenvalue weighted by Crippen LogP contribution is -2.35. The van der Waals surface area contributed by atoms with Crippen LogP contribution in [0.3, 0.4) is 0 Å². The van der Waals surface area contributed by atoms with E-state index in [0.717, 1.165) is 12.8 Å². The highest BCUT2D eigenvalue weighted by Gasteiger charge is 2.12. The first-order valence-corrected chi connectivity index (χ1v) is 6.72. The summed E-state index contributed by atoms with van der Waals surface area (Å²) in [6.45, 7) is 2.06. The van der Waals surface area contributed by atoms with Gasteiger partial charge in [-0.2, -0.15) is 0 Å². The molecule has 1 unspecified atom stereocenters. The Balaban J connectivity index is 2.52. The first-order valence-electron chi connectivity index (χ1n) is 6.72. The summed E-state index contributed by atoms with van der Waals surface area (Å²) in [5.74, 6) is -0.189. The van der Waals surface area contributed by atoms with Gasteiger partial charge in [-0.1, -0.05) is 19.8 Å². The van der Waals surface area contributed by atoms with Crippen LogP contribution in [0.1, 0.15) is 26.2 Å². The van der Waals surface area contributed by atoms with Crippen LogP contribution in [-0.4, -0.2) is 25.0 Å². The number of anilines is 2. The Morgan fingerprint density at radius 3 is 2.20 bits per heavy atom. The van der Waals surface area contributed by atoms with Crippen molar-refractivity contribution in [2.45, 2.75) is 32.2 Å². The molecular formula is C14H22N4O2. The van der Waals surface area contributed by atoms with Crippen LogP contribution in [0.5, 0.6) is 0 Å². The maximum Gasteiger partial charge on any atom is 0.318 e. The molecule has 0 saturated carbocycles. The molecule has 0 spiro atoms. The monoisotopic (exact) mass is 278 g/mol. The van der Waals surface area contributed by atoms with E-state index in [9.17, 15) is 9.59 Å². The van der Waals surface area contributed by atoms with E-state index in [1.165, 1.54) is 0 Å². The summed E-state index contributed by atoms with van der Waals surface area (Å²) in [7, 11) is 1.54. The van der Waals surface area contributed by atoms with Gasteiger partial charge in [0.1, 0.15) is 0 Å². The third kappa shape index (κ3) is 5.27. The third-order valence-corrected chi connectivity index (χ3v) is 2.84. The number of carbonyl (C=O) groups is 2. The Kier molecular flexibility index (Phi) is 6.52. The second-order valence-corrected chi connectivity index (χ2v) is 4.52. The van der Waals surface area contributed by atoms with E-state index in [2.05, 4.69) is 22.9 Å². The van der Waals surface area contributed by atoms with Crippen LogP contribution >= 0.6 is 0 Å². The Bertz CT molecular complexity index is 445. The van der Waals surface area contributed by atoms with Crippen molar-refractivity contribution in [2.75, 3.05) is 17.7 Å². The summed E-state index contributed by atoms with van der Waals surface area (Å²) in [5, 5.41) is 7.85. The first-order chi connectivity index (χ1) is 9.56. The number of hydrogen-bond acceptors (Lipinski definition) is 3. The highest BCUT2D eigenvalue weighted by molar-refractivity contribution is 5.95. The van der Waals surface area contributed by atoms with Crippen molar-refractivity contribution in [1.29, 1.82) is 0 Å². The minimum absolute atomic E-state index is 0.189. The molecule has 0 saturated heterocycles. The lowest BCUT2D eigenvalue weighted by Gasteiger charge is -2.12. The molecule has 0 aliphatic carbocycles.